The van der Waals surface area contributed by atoms with E-state index in [1.54, 1.807) is 0 Å². The highest BCUT2D eigenvalue weighted by Gasteiger charge is 2.43. The lowest BCUT2D eigenvalue weighted by Crippen LogP contribution is -2.57. The third kappa shape index (κ3) is 3.29. The van der Waals surface area contributed by atoms with Gasteiger partial charge in [0.2, 0.25) is 0 Å². The van der Waals surface area contributed by atoms with Gasteiger partial charge in [-0.15, -0.1) is 0 Å². The van der Waals surface area contributed by atoms with E-state index in [-0.39, 0.29) is 0 Å². The van der Waals surface area contributed by atoms with E-state index in [4.69, 9.17) is 0 Å². The van der Waals surface area contributed by atoms with E-state index in [0.29, 0.717) is 18.0 Å². The largest absolute Gasteiger partial charge is 0.480 e. The highest BCUT2D eigenvalue weighted by Crippen LogP contribution is 2.37. The molecule has 1 atom stereocenters. The molecule has 2 aliphatic rings. The molecule has 1 heterocycles. The zero-order chi connectivity index (χ0) is 14.1. The van der Waals surface area contributed by atoms with E-state index in [1.165, 1.54) is 19.3 Å². The molecule has 0 spiro atoms. The van der Waals surface area contributed by atoms with E-state index >= 15 is 0 Å². The number of nitrogens with zero attached hydrogens (tertiary/aromatic N) is 1. The molecule has 1 saturated heterocycles. The molecule has 1 unspecified atom stereocenters. The summed E-state index contributed by atoms with van der Waals surface area (Å²) in [5.74, 6) is -0.718. The van der Waals surface area contributed by atoms with Crippen molar-refractivity contribution < 1.29 is 9.90 Å². The van der Waals surface area contributed by atoms with Gasteiger partial charge in [-0.25, -0.2) is 0 Å². The first-order chi connectivity index (χ1) is 8.93. The van der Waals surface area contributed by atoms with Crippen LogP contribution in [-0.4, -0.2) is 47.2 Å². The molecule has 19 heavy (non-hydrogen) atoms. The number of aliphatic carboxylic acids is 1. The fourth-order valence-corrected chi connectivity index (χ4v) is 3.29. The van der Waals surface area contributed by atoms with Crippen LogP contribution in [0, 0.1) is 5.41 Å². The average Bonchev–Trinajstić information content (AvgIpc) is 3.08. The van der Waals surface area contributed by atoms with Crippen molar-refractivity contribution in [3.05, 3.63) is 0 Å². The fraction of sp³-hybridized carbons (Fsp3) is 0.933. The molecule has 0 bridgehead atoms. The van der Waals surface area contributed by atoms with Gasteiger partial charge < -0.3 is 10.0 Å². The monoisotopic (exact) mass is 268 g/mol. The maximum absolute atomic E-state index is 11.6. The van der Waals surface area contributed by atoms with E-state index < -0.39 is 11.5 Å². The molecule has 0 aromatic carbocycles. The van der Waals surface area contributed by atoms with Crippen molar-refractivity contribution in [3.63, 3.8) is 0 Å². The first-order valence-electron chi connectivity index (χ1n) is 7.66. The zero-order valence-corrected chi connectivity index (χ0v) is 12.5. The molecule has 2 N–H and O–H groups in total. The molecule has 0 aromatic rings. The summed E-state index contributed by atoms with van der Waals surface area (Å²) >= 11 is 0. The lowest BCUT2D eigenvalue weighted by atomic mass is 9.82. The van der Waals surface area contributed by atoms with Gasteiger partial charge in [-0.1, -0.05) is 13.8 Å². The number of nitrogens with one attached hydrogen (secondary N) is 1. The Morgan fingerprint density at radius 3 is 2.47 bits per heavy atom. The Bertz CT molecular complexity index is 337. The quantitative estimate of drug-likeness (QED) is 0.742. The van der Waals surface area contributed by atoms with Gasteiger partial charge in [-0.2, -0.15) is 0 Å². The van der Waals surface area contributed by atoms with Crippen molar-refractivity contribution >= 4 is 5.97 Å². The number of hydrogen-bond acceptors (Lipinski definition) is 3. The van der Waals surface area contributed by atoms with E-state index in [0.717, 1.165) is 25.9 Å². The van der Waals surface area contributed by atoms with E-state index in [2.05, 4.69) is 24.1 Å². The first kappa shape index (κ1) is 14.8. The average molecular weight is 268 g/mol. The number of likely N-dealkylation sites (tertiary alicyclic amines) is 1. The molecule has 4 heteroatoms. The Morgan fingerprint density at radius 2 is 2.05 bits per heavy atom. The highest BCUT2D eigenvalue weighted by atomic mass is 16.4. The van der Waals surface area contributed by atoms with E-state index in [1.807, 2.05) is 6.92 Å². The second-order valence-electron chi connectivity index (χ2n) is 6.72. The minimum Gasteiger partial charge on any atom is -0.480 e. The van der Waals surface area contributed by atoms with Crippen LogP contribution in [0.5, 0.6) is 0 Å². The van der Waals surface area contributed by atoms with Crippen LogP contribution in [-0.2, 0) is 4.79 Å². The Kier molecular flexibility index (Phi) is 4.21. The molecule has 1 saturated carbocycles. The van der Waals surface area contributed by atoms with Crippen LogP contribution < -0.4 is 5.32 Å². The van der Waals surface area contributed by atoms with Crippen molar-refractivity contribution in [1.29, 1.82) is 0 Å². The van der Waals surface area contributed by atoms with Crippen molar-refractivity contribution in [1.82, 2.24) is 10.2 Å². The number of carboxylic acid groups (broad SMARTS) is 1. The van der Waals surface area contributed by atoms with Gasteiger partial charge in [-0.05, 0) is 51.0 Å². The molecular weight excluding hydrogens is 240 g/mol. The molecule has 1 aliphatic heterocycles. The molecule has 2 fully saturated rings. The van der Waals surface area contributed by atoms with Crippen molar-refractivity contribution in [3.8, 4) is 0 Å². The minimum absolute atomic E-state index is 0.416. The van der Waals surface area contributed by atoms with Crippen LogP contribution in [0.2, 0.25) is 0 Å². The molecule has 2 rings (SSSR count). The van der Waals surface area contributed by atoms with Gasteiger partial charge >= 0.3 is 5.97 Å². The third-order valence-corrected chi connectivity index (χ3v) is 5.13. The molecular formula is C15H28N2O2. The zero-order valence-electron chi connectivity index (χ0n) is 12.5. The predicted molar refractivity (Wildman–Crippen MR) is 76.3 cm³/mol. The van der Waals surface area contributed by atoms with Crippen molar-refractivity contribution in [2.75, 3.05) is 19.6 Å². The summed E-state index contributed by atoms with van der Waals surface area (Å²) in [4.78, 5) is 13.9. The molecule has 0 radical (unpaired) electrons. The predicted octanol–water partition coefficient (Wildman–Crippen LogP) is 2.09. The van der Waals surface area contributed by atoms with Crippen LogP contribution >= 0.6 is 0 Å². The van der Waals surface area contributed by atoms with Crippen molar-refractivity contribution in [2.45, 2.75) is 64.5 Å². The lowest BCUT2D eigenvalue weighted by molar-refractivity contribution is -0.145. The van der Waals surface area contributed by atoms with Crippen LogP contribution in [0.4, 0.5) is 0 Å². The van der Waals surface area contributed by atoms with E-state index in [9.17, 15) is 9.90 Å². The Morgan fingerprint density at radius 1 is 1.42 bits per heavy atom. The van der Waals surface area contributed by atoms with Crippen LogP contribution in [0.1, 0.15) is 52.9 Å². The minimum atomic E-state index is -0.793. The molecule has 110 valence electrons. The summed E-state index contributed by atoms with van der Waals surface area (Å²) in [5, 5.41) is 12.8. The summed E-state index contributed by atoms with van der Waals surface area (Å²) in [6.07, 6.45) is 5.84. The lowest BCUT2D eigenvalue weighted by Gasteiger charge is -2.33. The second-order valence-corrected chi connectivity index (χ2v) is 6.72. The summed E-state index contributed by atoms with van der Waals surface area (Å²) < 4.78 is 0. The van der Waals surface area contributed by atoms with Gasteiger partial charge in [0.1, 0.15) is 5.54 Å². The van der Waals surface area contributed by atoms with Crippen LogP contribution in [0.3, 0.4) is 0 Å². The second kappa shape index (κ2) is 5.41. The van der Waals surface area contributed by atoms with Gasteiger partial charge in [-0.3, -0.25) is 10.1 Å². The number of carboxylic acids is 1. The number of rotatable bonds is 7. The smallest absolute Gasteiger partial charge is 0.324 e. The Labute approximate surface area is 116 Å². The summed E-state index contributed by atoms with van der Waals surface area (Å²) in [5.41, 5.74) is -0.377. The summed E-state index contributed by atoms with van der Waals surface area (Å²) in [7, 11) is 0. The number of hydrogen-bond donors (Lipinski definition) is 2. The highest BCUT2D eigenvalue weighted by molar-refractivity contribution is 5.78. The third-order valence-electron chi connectivity index (χ3n) is 5.13. The summed E-state index contributed by atoms with van der Waals surface area (Å²) in [6.45, 7) is 9.07. The Hall–Kier alpha value is -0.610. The molecule has 1 aliphatic carbocycles. The van der Waals surface area contributed by atoms with Crippen molar-refractivity contribution in [2.24, 2.45) is 5.41 Å². The molecule has 0 amide bonds. The SMILES string of the molecule is CCC1(CC)CCN(CC(C)(NC2CC2)C(=O)O)C1. The fourth-order valence-electron chi connectivity index (χ4n) is 3.29. The van der Waals surface area contributed by atoms with Crippen LogP contribution in [0.15, 0.2) is 0 Å². The van der Waals surface area contributed by atoms with Gasteiger partial charge in [0.25, 0.3) is 0 Å². The summed E-state index contributed by atoms with van der Waals surface area (Å²) in [6, 6.07) is 0.422. The van der Waals surface area contributed by atoms with Gasteiger partial charge in [0.05, 0.1) is 0 Å². The van der Waals surface area contributed by atoms with Crippen LogP contribution in [0.25, 0.3) is 0 Å². The van der Waals surface area contributed by atoms with Gasteiger partial charge in [0.15, 0.2) is 0 Å². The maximum atomic E-state index is 11.6. The van der Waals surface area contributed by atoms with Gasteiger partial charge in [0, 0.05) is 19.1 Å². The first-order valence-corrected chi connectivity index (χ1v) is 7.66. The molecule has 0 aromatic heterocycles. The standard InChI is InChI=1S/C15H28N2O2/c1-4-15(5-2)8-9-17(11-15)10-14(3,13(18)19)16-12-6-7-12/h12,16H,4-11H2,1-3H3,(H,18,19). The number of carbonyl (C=O) groups is 1. The maximum Gasteiger partial charge on any atom is 0.324 e. The molecule has 4 nitrogen and oxygen atoms in total. The normalized spacial score (nSPS) is 26.3. The Balaban J connectivity index is 1.96. The topological polar surface area (TPSA) is 52.6 Å².